The van der Waals surface area contributed by atoms with Crippen LogP contribution in [0.5, 0.6) is 5.75 Å². The van der Waals surface area contributed by atoms with Crippen LogP contribution >= 0.6 is 11.3 Å². The minimum Gasteiger partial charge on any atom is -0.495 e. The first-order valence-corrected chi connectivity index (χ1v) is 6.96. The first kappa shape index (κ1) is 12.7. The lowest BCUT2D eigenvalue weighted by atomic mass is 10.2. The van der Waals surface area contributed by atoms with Gasteiger partial charge in [-0.15, -0.1) is 16.4 Å². The molecule has 0 amide bonds. The Kier molecular flexibility index (Phi) is 3.15. The summed E-state index contributed by atoms with van der Waals surface area (Å²) in [5.41, 5.74) is 7.45. The number of ether oxygens (including phenoxy) is 1. The smallest absolute Gasteiger partial charge is 0.191 e. The highest BCUT2D eigenvalue weighted by Gasteiger charge is 2.13. The summed E-state index contributed by atoms with van der Waals surface area (Å²) < 4.78 is 6.92. The number of anilines is 1. The van der Waals surface area contributed by atoms with E-state index in [4.69, 9.17) is 10.5 Å². The third kappa shape index (κ3) is 2.14. The number of hydrogen-bond acceptors (Lipinski definition) is 5. The zero-order chi connectivity index (χ0) is 14.1. The largest absolute Gasteiger partial charge is 0.495 e. The molecule has 5 nitrogen and oxygen atoms in total. The van der Waals surface area contributed by atoms with Crippen LogP contribution in [0.2, 0.25) is 0 Å². The lowest BCUT2D eigenvalue weighted by Crippen LogP contribution is -1.97. The standard InChI is InChI=1S/C14H14N4OS/c1-18-14(9-5-6-11(19-2)10(15)8-9)16-13(17-18)12-4-3-7-20-12/h3-8H,15H2,1-2H3. The van der Waals surface area contributed by atoms with Crippen LogP contribution in [0.4, 0.5) is 5.69 Å². The monoisotopic (exact) mass is 286 g/mol. The Morgan fingerprint density at radius 1 is 1.30 bits per heavy atom. The number of rotatable bonds is 3. The van der Waals surface area contributed by atoms with E-state index >= 15 is 0 Å². The molecule has 3 aromatic rings. The van der Waals surface area contributed by atoms with Gasteiger partial charge in [-0.25, -0.2) is 9.67 Å². The predicted octanol–water partition coefficient (Wildman–Crippen LogP) is 2.80. The van der Waals surface area contributed by atoms with Gasteiger partial charge in [-0.05, 0) is 29.6 Å². The Labute approximate surface area is 120 Å². The van der Waals surface area contributed by atoms with Crippen LogP contribution in [0, 0.1) is 0 Å². The summed E-state index contributed by atoms with van der Waals surface area (Å²) in [5.74, 6) is 2.17. The number of benzene rings is 1. The van der Waals surface area contributed by atoms with E-state index < -0.39 is 0 Å². The molecule has 0 saturated heterocycles. The Morgan fingerprint density at radius 3 is 2.80 bits per heavy atom. The fourth-order valence-electron chi connectivity index (χ4n) is 2.02. The van der Waals surface area contributed by atoms with Crippen LogP contribution in [0.3, 0.4) is 0 Å². The number of nitrogen functional groups attached to an aromatic ring is 1. The van der Waals surface area contributed by atoms with Gasteiger partial charge in [-0.2, -0.15) is 0 Å². The van der Waals surface area contributed by atoms with Crippen molar-refractivity contribution in [3.8, 4) is 27.8 Å². The molecular formula is C14H14N4OS. The molecule has 0 fully saturated rings. The molecule has 0 aliphatic carbocycles. The Balaban J connectivity index is 2.04. The van der Waals surface area contributed by atoms with E-state index in [0.29, 0.717) is 11.4 Å². The van der Waals surface area contributed by atoms with E-state index in [-0.39, 0.29) is 0 Å². The number of methoxy groups -OCH3 is 1. The molecule has 0 unspecified atom stereocenters. The second-order valence-electron chi connectivity index (χ2n) is 4.32. The summed E-state index contributed by atoms with van der Waals surface area (Å²) in [6, 6.07) is 9.61. The summed E-state index contributed by atoms with van der Waals surface area (Å²) in [6.45, 7) is 0. The van der Waals surface area contributed by atoms with E-state index in [1.807, 2.05) is 42.8 Å². The van der Waals surface area contributed by atoms with Gasteiger partial charge in [0, 0.05) is 12.6 Å². The molecule has 0 spiro atoms. The fraction of sp³-hybridized carbons (Fsp3) is 0.143. The number of nitrogens with two attached hydrogens (primary N) is 1. The molecule has 3 rings (SSSR count). The van der Waals surface area contributed by atoms with Crippen molar-refractivity contribution < 1.29 is 4.74 Å². The minimum atomic E-state index is 0.589. The lowest BCUT2D eigenvalue weighted by molar-refractivity contribution is 0.417. The average molecular weight is 286 g/mol. The maximum atomic E-state index is 5.94. The molecule has 0 aliphatic heterocycles. The van der Waals surface area contributed by atoms with E-state index in [0.717, 1.165) is 22.1 Å². The van der Waals surface area contributed by atoms with Gasteiger partial charge in [-0.3, -0.25) is 0 Å². The first-order valence-electron chi connectivity index (χ1n) is 6.08. The average Bonchev–Trinajstić information content (AvgIpc) is 3.07. The second-order valence-corrected chi connectivity index (χ2v) is 5.26. The van der Waals surface area contributed by atoms with Crippen LogP contribution < -0.4 is 10.5 Å². The molecule has 0 saturated carbocycles. The molecule has 2 heterocycles. The van der Waals surface area contributed by atoms with E-state index in [1.165, 1.54) is 0 Å². The molecule has 0 atom stereocenters. The maximum absolute atomic E-state index is 5.94. The van der Waals surface area contributed by atoms with Crippen molar-refractivity contribution in [1.82, 2.24) is 14.8 Å². The Morgan fingerprint density at radius 2 is 2.15 bits per heavy atom. The summed E-state index contributed by atoms with van der Waals surface area (Å²) in [6.07, 6.45) is 0. The van der Waals surface area contributed by atoms with E-state index in [9.17, 15) is 0 Å². The summed E-state index contributed by atoms with van der Waals surface area (Å²) in [5, 5.41) is 6.46. The quantitative estimate of drug-likeness (QED) is 0.752. The van der Waals surface area contributed by atoms with Crippen LogP contribution in [0.25, 0.3) is 22.1 Å². The van der Waals surface area contributed by atoms with Crippen molar-refractivity contribution >= 4 is 17.0 Å². The normalized spacial score (nSPS) is 10.7. The molecule has 1 aromatic carbocycles. The summed E-state index contributed by atoms with van der Waals surface area (Å²) >= 11 is 1.62. The number of aryl methyl sites for hydroxylation is 1. The maximum Gasteiger partial charge on any atom is 0.191 e. The predicted molar refractivity (Wildman–Crippen MR) is 80.7 cm³/mol. The van der Waals surface area contributed by atoms with Crippen molar-refractivity contribution in [2.24, 2.45) is 7.05 Å². The summed E-state index contributed by atoms with van der Waals surface area (Å²) in [7, 11) is 3.47. The zero-order valence-electron chi connectivity index (χ0n) is 11.2. The van der Waals surface area contributed by atoms with Gasteiger partial charge in [0.2, 0.25) is 0 Å². The molecule has 0 radical (unpaired) electrons. The highest BCUT2D eigenvalue weighted by atomic mass is 32.1. The van der Waals surface area contributed by atoms with E-state index in [1.54, 1.807) is 23.1 Å². The minimum absolute atomic E-state index is 0.589. The molecular weight excluding hydrogens is 272 g/mol. The van der Waals surface area contributed by atoms with Crippen molar-refractivity contribution in [2.45, 2.75) is 0 Å². The van der Waals surface area contributed by atoms with Crippen molar-refractivity contribution in [3.05, 3.63) is 35.7 Å². The third-order valence-electron chi connectivity index (χ3n) is 2.99. The number of hydrogen-bond donors (Lipinski definition) is 1. The van der Waals surface area contributed by atoms with Crippen LogP contribution in [-0.4, -0.2) is 21.9 Å². The number of thiophene rings is 1. The number of nitrogens with zero attached hydrogens (tertiary/aromatic N) is 3. The third-order valence-corrected chi connectivity index (χ3v) is 3.86. The van der Waals surface area contributed by atoms with Crippen molar-refractivity contribution in [3.63, 3.8) is 0 Å². The van der Waals surface area contributed by atoms with Gasteiger partial charge < -0.3 is 10.5 Å². The Bertz CT molecular complexity index is 734. The highest BCUT2D eigenvalue weighted by Crippen LogP contribution is 2.29. The number of aromatic nitrogens is 3. The zero-order valence-corrected chi connectivity index (χ0v) is 12.0. The van der Waals surface area contributed by atoms with Gasteiger partial charge in [-0.1, -0.05) is 6.07 Å². The molecule has 2 N–H and O–H groups in total. The van der Waals surface area contributed by atoms with Crippen molar-refractivity contribution in [2.75, 3.05) is 12.8 Å². The lowest BCUT2D eigenvalue weighted by Gasteiger charge is -2.06. The summed E-state index contributed by atoms with van der Waals surface area (Å²) in [4.78, 5) is 5.63. The van der Waals surface area contributed by atoms with Crippen LogP contribution in [0.1, 0.15) is 0 Å². The fourth-order valence-corrected chi connectivity index (χ4v) is 2.67. The van der Waals surface area contributed by atoms with E-state index in [2.05, 4.69) is 10.1 Å². The van der Waals surface area contributed by atoms with Crippen LogP contribution in [-0.2, 0) is 7.05 Å². The highest BCUT2D eigenvalue weighted by molar-refractivity contribution is 7.13. The molecule has 2 aromatic heterocycles. The second kappa shape index (κ2) is 4.97. The van der Waals surface area contributed by atoms with Gasteiger partial charge in [0.25, 0.3) is 0 Å². The molecule has 0 aliphatic rings. The Hall–Kier alpha value is -2.34. The van der Waals surface area contributed by atoms with Crippen molar-refractivity contribution in [1.29, 1.82) is 0 Å². The molecule has 102 valence electrons. The SMILES string of the molecule is COc1ccc(-c2nc(-c3cccs3)nn2C)cc1N. The van der Waals surface area contributed by atoms with Gasteiger partial charge in [0.05, 0.1) is 17.7 Å². The van der Waals surface area contributed by atoms with Gasteiger partial charge in [0.15, 0.2) is 11.6 Å². The molecule has 6 heteroatoms. The van der Waals surface area contributed by atoms with Gasteiger partial charge >= 0.3 is 0 Å². The first-order chi connectivity index (χ1) is 9.69. The topological polar surface area (TPSA) is 66.0 Å². The van der Waals surface area contributed by atoms with Gasteiger partial charge in [0.1, 0.15) is 5.75 Å². The molecule has 20 heavy (non-hydrogen) atoms. The van der Waals surface area contributed by atoms with Crippen LogP contribution in [0.15, 0.2) is 35.7 Å². The molecule has 0 bridgehead atoms.